The Morgan fingerprint density at radius 3 is 2.88 bits per heavy atom. The molecule has 0 saturated heterocycles. The van der Waals surface area contributed by atoms with Gasteiger partial charge in [0.1, 0.15) is 5.82 Å². The van der Waals surface area contributed by atoms with Gasteiger partial charge in [-0.2, -0.15) is 5.10 Å². The van der Waals surface area contributed by atoms with E-state index in [2.05, 4.69) is 17.5 Å². The molecule has 0 radical (unpaired) electrons. The maximum Gasteiger partial charge on any atom is 0.151 e. The quantitative estimate of drug-likeness (QED) is 0.775. The van der Waals surface area contributed by atoms with Gasteiger partial charge in [0.05, 0.1) is 5.69 Å². The van der Waals surface area contributed by atoms with Gasteiger partial charge in [-0.15, -0.1) is 0 Å². The van der Waals surface area contributed by atoms with Crippen molar-refractivity contribution in [2.24, 2.45) is 11.0 Å². The number of nitrogens with one attached hydrogen (secondary N) is 1. The maximum absolute atomic E-state index is 13.3. The van der Waals surface area contributed by atoms with Crippen molar-refractivity contribution in [3.63, 3.8) is 0 Å². The van der Waals surface area contributed by atoms with E-state index in [1.807, 2.05) is 0 Å². The highest BCUT2D eigenvalue weighted by atomic mass is 19.1. The third-order valence-electron chi connectivity index (χ3n) is 3.01. The van der Waals surface area contributed by atoms with E-state index in [1.165, 1.54) is 18.6 Å². The first-order valence-electron chi connectivity index (χ1n) is 5.91. The van der Waals surface area contributed by atoms with Crippen molar-refractivity contribution in [2.75, 3.05) is 5.43 Å². The average molecular weight is 238 g/mol. The van der Waals surface area contributed by atoms with Gasteiger partial charge < -0.3 is 0 Å². The SMILES string of the molecule is C[C@@H]1CCC/C(=N/Nc2ccc(F)cc2F)C1. The lowest BCUT2D eigenvalue weighted by atomic mass is 9.89. The van der Waals surface area contributed by atoms with E-state index in [4.69, 9.17) is 0 Å². The summed E-state index contributed by atoms with van der Waals surface area (Å²) in [6.07, 6.45) is 4.27. The van der Waals surface area contributed by atoms with E-state index in [0.29, 0.717) is 5.92 Å². The van der Waals surface area contributed by atoms with Crippen molar-refractivity contribution in [1.29, 1.82) is 0 Å². The number of halogens is 2. The van der Waals surface area contributed by atoms with Crippen LogP contribution in [0.3, 0.4) is 0 Å². The predicted octanol–water partition coefficient (Wildman–Crippen LogP) is 3.94. The van der Waals surface area contributed by atoms with Crippen LogP contribution < -0.4 is 5.43 Å². The van der Waals surface area contributed by atoms with E-state index in [9.17, 15) is 8.78 Å². The first-order valence-corrected chi connectivity index (χ1v) is 5.91. The van der Waals surface area contributed by atoms with Gasteiger partial charge >= 0.3 is 0 Å². The number of benzene rings is 1. The highest BCUT2D eigenvalue weighted by molar-refractivity contribution is 5.85. The summed E-state index contributed by atoms with van der Waals surface area (Å²) < 4.78 is 26.0. The number of nitrogens with zero attached hydrogens (tertiary/aromatic N) is 1. The fraction of sp³-hybridized carbons (Fsp3) is 0.462. The Morgan fingerprint density at radius 1 is 1.35 bits per heavy atom. The van der Waals surface area contributed by atoms with Crippen LogP contribution in [-0.4, -0.2) is 5.71 Å². The lowest BCUT2D eigenvalue weighted by Gasteiger charge is -2.19. The Bertz CT molecular complexity index is 429. The zero-order valence-corrected chi connectivity index (χ0v) is 9.84. The van der Waals surface area contributed by atoms with Gasteiger partial charge in [0, 0.05) is 11.8 Å². The molecule has 1 aliphatic rings. The minimum Gasteiger partial charge on any atom is -0.276 e. The molecule has 0 unspecified atom stereocenters. The largest absolute Gasteiger partial charge is 0.276 e. The van der Waals surface area contributed by atoms with Crippen LogP contribution in [0.4, 0.5) is 14.5 Å². The fourth-order valence-corrected chi connectivity index (χ4v) is 2.08. The van der Waals surface area contributed by atoms with Crippen LogP contribution in [0.25, 0.3) is 0 Å². The molecule has 0 spiro atoms. The Labute approximate surface area is 99.7 Å². The van der Waals surface area contributed by atoms with Gasteiger partial charge in [-0.3, -0.25) is 5.43 Å². The molecule has 2 nitrogen and oxygen atoms in total. The highest BCUT2D eigenvalue weighted by Gasteiger charge is 2.14. The Balaban J connectivity index is 2.03. The van der Waals surface area contributed by atoms with Crippen LogP contribution in [0.15, 0.2) is 23.3 Å². The lowest BCUT2D eigenvalue weighted by molar-refractivity contribution is 0.500. The molecule has 4 heteroatoms. The molecule has 0 amide bonds. The predicted molar refractivity (Wildman–Crippen MR) is 65.0 cm³/mol. The zero-order valence-electron chi connectivity index (χ0n) is 9.84. The Kier molecular flexibility index (Phi) is 3.71. The normalized spacial score (nSPS) is 22.8. The second-order valence-corrected chi connectivity index (χ2v) is 4.62. The Morgan fingerprint density at radius 2 is 2.18 bits per heavy atom. The molecule has 1 aromatic carbocycles. The zero-order chi connectivity index (χ0) is 12.3. The van der Waals surface area contributed by atoms with Crippen LogP contribution in [0.2, 0.25) is 0 Å². The second-order valence-electron chi connectivity index (χ2n) is 4.62. The van der Waals surface area contributed by atoms with Crippen LogP contribution in [-0.2, 0) is 0 Å². The number of anilines is 1. The molecule has 0 heterocycles. The minimum absolute atomic E-state index is 0.220. The molecule has 0 bridgehead atoms. The lowest BCUT2D eigenvalue weighted by Crippen LogP contribution is -2.14. The summed E-state index contributed by atoms with van der Waals surface area (Å²) in [6.45, 7) is 2.19. The van der Waals surface area contributed by atoms with Gasteiger partial charge in [-0.1, -0.05) is 6.92 Å². The van der Waals surface area contributed by atoms with Gasteiger partial charge in [-0.25, -0.2) is 8.78 Å². The summed E-state index contributed by atoms with van der Waals surface area (Å²) in [5.74, 6) is -0.549. The van der Waals surface area contributed by atoms with Crippen molar-refractivity contribution in [2.45, 2.75) is 32.6 Å². The van der Waals surface area contributed by atoms with Crippen LogP contribution in [0.5, 0.6) is 0 Å². The number of hydrogen-bond donors (Lipinski definition) is 1. The summed E-state index contributed by atoms with van der Waals surface area (Å²) in [7, 11) is 0. The van der Waals surface area contributed by atoms with Gasteiger partial charge in [0.25, 0.3) is 0 Å². The summed E-state index contributed by atoms with van der Waals surface area (Å²) in [5.41, 5.74) is 3.96. The van der Waals surface area contributed by atoms with Crippen LogP contribution in [0.1, 0.15) is 32.6 Å². The molecule has 1 aliphatic carbocycles. The number of rotatable bonds is 2. The molecule has 1 aromatic rings. The number of hydrazone groups is 1. The van der Waals surface area contributed by atoms with Gasteiger partial charge in [0.15, 0.2) is 5.82 Å². The van der Waals surface area contributed by atoms with Crippen molar-refractivity contribution in [3.8, 4) is 0 Å². The monoisotopic (exact) mass is 238 g/mol. The second kappa shape index (κ2) is 5.25. The molecule has 2 rings (SSSR count). The molecule has 1 saturated carbocycles. The minimum atomic E-state index is -0.613. The van der Waals surface area contributed by atoms with Crippen LogP contribution >= 0.6 is 0 Å². The van der Waals surface area contributed by atoms with E-state index in [1.54, 1.807) is 0 Å². The van der Waals surface area contributed by atoms with E-state index in [-0.39, 0.29) is 5.69 Å². The highest BCUT2D eigenvalue weighted by Crippen LogP contribution is 2.22. The van der Waals surface area contributed by atoms with E-state index >= 15 is 0 Å². The van der Waals surface area contributed by atoms with Crippen LogP contribution in [0, 0.1) is 17.6 Å². The van der Waals surface area contributed by atoms with Gasteiger partial charge in [-0.05, 0) is 43.7 Å². The standard InChI is InChI=1S/C13H16F2N2/c1-9-3-2-4-11(7-9)16-17-13-6-5-10(14)8-12(13)15/h5-6,8-9,17H,2-4,7H2,1H3/b16-11-/t9-/m1/s1. The van der Waals surface area contributed by atoms with Crippen molar-refractivity contribution in [3.05, 3.63) is 29.8 Å². The molecule has 1 atom stereocenters. The molecule has 92 valence electrons. The van der Waals surface area contributed by atoms with Crippen molar-refractivity contribution < 1.29 is 8.78 Å². The third kappa shape index (κ3) is 3.25. The van der Waals surface area contributed by atoms with Gasteiger partial charge in [0.2, 0.25) is 0 Å². The average Bonchev–Trinajstić information content (AvgIpc) is 2.28. The molecule has 0 aromatic heterocycles. The molecule has 1 fully saturated rings. The molecule has 1 N–H and O–H groups in total. The third-order valence-corrected chi connectivity index (χ3v) is 3.01. The molecular weight excluding hydrogens is 222 g/mol. The number of hydrogen-bond acceptors (Lipinski definition) is 2. The molecular formula is C13H16F2N2. The van der Waals surface area contributed by atoms with E-state index < -0.39 is 11.6 Å². The molecule has 0 aliphatic heterocycles. The maximum atomic E-state index is 13.3. The topological polar surface area (TPSA) is 24.4 Å². The summed E-state index contributed by atoms with van der Waals surface area (Å²) >= 11 is 0. The smallest absolute Gasteiger partial charge is 0.151 e. The summed E-state index contributed by atoms with van der Waals surface area (Å²) in [4.78, 5) is 0. The first kappa shape index (κ1) is 12.0. The summed E-state index contributed by atoms with van der Waals surface area (Å²) in [6, 6.07) is 3.43. The summed E-state index contributed by atoms with van der Waals surface area (Å²) in [5, 5.41) is 4.20. The van der Waals surface area contributed by atoms with E-state index in [0.717, 1.165) is 31.0 Å². The van der Waals surface area contributed by atoms with Crippen molar-refractivity contribution in [1.82, 2.24) is 0 Å². The fourth-order valence-electron chi connectivity index (χ4n) is 2.08. The molecule has 17 heavy (non-hydrogen) atoms. The first-order chi connectivity index (χ1) is 8.15. The Hall–Kier alpha value is -1.45. The van der Waals surface area contributed by atoms with Crippen molar-refractivity contribution >= 4 is 11.4 Å².